The third-order valence-corrected chi connectivity index (χ3v) is 4.28. The lowest BCUT2D eigenvalue weighted by atomic mass is 9.70. The molecule has 0 aromatic carbocycles. The van der Waals surface area contributed by atoms with Crippen LogP contribution in [0.1, 0.15) is 46.5 Å². The van der Waals surface area contributed by atoms with E-state index in [9.17, 15) is 8.42 Å². The van der Waals surface area contributed by atoms with Gasteiger partial charge in [-0.3, -0.25) is 0 Å². The van der Waals surface area contributed by atoms with Crippen LogP contribution >= 0.6 is 0 Å². The first-order valence-electron chi connectivity index (χ1n) is 6.42. The summed E-state index contributed by atoms with van der Waals surface area (Å²) in [4.78, 5) is 0. The molecule has 2 unspecified atom stereocenters. The Bertz CT molecular complexity index is 338. The molecule has 0 spiro atoms. The Morgan fingerprint density at radius 1 is 1.35 bits per heavy atom. The van der Waals surface area contributed by atoms with Gasteiger partial charge in [-0.25, -0.2) is 13.6 Å². The summed E-state index contributed by atoms with van der Waals surface area (Å²) in [5.74, 6) is 0.820. The van der Waals surface area contributed by atoms with Gasteiger partial charge in [-0.15, -0.1) is 0 Å². The van der Waals surface area contributed by atoms with E-state index in [1.807, 2.05) is 0 Å². The minimum atomic E-state index is -3.30. The van der Waals surface area contributed by atoms with Crippen LogP contribution in [0.25, 0.3) is 0 Å². The van der Waals surface area contributed by atoms with Gasteiger partial charge in [0.05, 0.1) is 5.75 Å². The quantitative estimate of drug-likeness (QED) is 0.737. The zero-order chi connectivity index (χ0) is 13.1. The second-order valence-electron chi connectivity index (χ2n) is 6.28. The number of rotatable bonds is 5. The van der Waals surface area contributed by atoms with Crippen molar-refractivity contribution in [2.24, 2.45) is 16.5 Å². The van der Waals surface area contributed by atoms with Crippen molar-refractivity contribution in [2.45, 2.75) is 52.5 Å². The van der Waals surface area contributed by atoms with Gasteiger partial charge in [0.2, 0.25) is 10.0 Å². The molecule has 0 aromatic heterocycles. The van der Waals surface area contributed by atoms with Gasteiger partial charge in [-0.05, 0) is 43.6 Å². The zero-order valence-electron chi connectivity index (χ0n) is 11.2. The molecular weight excluding hydrogens is 236 g/mol. The highest BCUT2D eigenvalue weighted by molar-refractivity contribution is 7.89. The normalized spacial score (nSPS) is 29.2. The summed E-state index contributed by atoms with van der Waals surface area (Å²) in [6.45, 7) is 7.65. The van der Waals surface area contributed by atoms with Crippen molar-refractivity contribution in [3.05, 3.63) is 0 Å². The molecule has 0 bridgehead atoms. The number of sulfonamides is 1. The van der Waals surface area contributed by atoms with Gasteiger partial charge in [-0.2, -0.15) is 0 Å². The summed E-state index contributed by atoms with van der Waals surface area (Å²) in [5, 5.41) is 8.42. The van der Waals surface area contributed by atoms with Crippen LogP contribution in [0.3, 0.4) is 0 Å². The summed E-state index contributed by atoms with van der Waals surface area (Å²) in [7, 11) is -3.30. The molecule has 0 aromatic rings. The third kappa shape index (κ3) is 6.38. The molecule has 1 aliphatic rings. The van der Waals surface area contributed by atoms with Crippen molar-refractivity contribution in [1.82, 2.24) is 5.32 Å². The molecule has 102 valence electrons. The third-order valence-electron chi connectivity index (χ3n) is 3.43. The van der Waals surface area contributed by atoms with Crippen LogP contribution in [0.2, 0.25) is 0 Å². The minimum Gasteiger partial charge on any atom is -0.314 e. The lowest BCUT2D eigenvalue weighted by molar-refractivity contribution is 0.152. The summed E-state index contributed by atoms with van der Waals surface area (Å²) >= 11 is 0. The van der Waals surface area contributed by atoms with Gasteiger partial charge in [-0.1, -0.05) is 20.8 Å². The fourth-order valence-electron chi connectivity index (χ4n) is 3.08. The monoisotopic (exact) mass is 262 g/mol. The predicted octanol–water partition coefficient (Wildman–Crippen LogP) is 1.47. The van der Waals surface area contributed by atoms with Crippen LogP contribution in [0.5, 0.6) is 0 Å². The van der Waals surface area contributed by atoms with Crippen LogP contribution in [-0.2, 0) is 10.0 Å². The molecule has 1 saturated carbocycles. The van der Waals surface area contributed by atoms with Crippen molar-refractivity contribution in [1.29, 1.82) is 0 Å². The Kier molecular flexibility index (Phi) is 4.98. The largest absolute Gasteiger partial charge is 0.314 e. The smallest absolute Gasteiger partial charge is 0.209 e. The Hall–Kier alpha value is -0.130. The van der Waals surface area contributed by atoms with E-state index >= 15 is 0 Å². The van der Waals surface area contributed by atoms with Gasteiger partial charge in [0, 0.05) is 6.04 Å². The van der Waals surface area contributed by atoms with E-state index < -0.39 is 10.0 Å². The Labute approximate surface area is 105 Å². The second kappa shape index (κ2) is 5.67. The summed E-state index contributed by atoms with van der Waals surface area (Å²) in [6, 6.07) is 0.522. The van der Waals surface area contributed by atoms with E-state index in [1.165, 1.54) is 19.3 Å². The summed E-state index contributed by atoms with van der Waals surface area (Å²) in [5.41, 5.74) is 0.398. The SMILES string of the molecule is CC1CC(NCCCS(N)(=O)=O)CC(C)(C)C1. The average Bonchev–Trinajstić information content (AvgIpc) is 2.07. The van der Waals surface area contributed by atoms with Crippen molar-refractivity contribution in [3.63, 3.8) is 0 Å². The molecule has 0 amide bonds. The van der Waals surface area contributed by atoms with Crippen LogP contribution < -0.4 is 10.5 Å². The molecule has 0 aliphatic heterocycles. The number of nitrogens with one attached hydrogen (secondary N) is 1. The fourth-order valence-corrected chi connectivity index (χ4v) is 3.63. The molecule has 1 fully saturated rings. The van der Waals surface area contributed by atoms with E-state index in [2.05, 4.69) is 26.1 Å². The molecule has 4 nitrogen and oxygen atoms in total. The summed E-state index contributed by atoms with van der Waals surface area (Å²) in [6.07, 6.45) is 4.25. The molecular formula is C12H26N2O2S. The molecule has 0 saturated heterocycles. The Morgan fingerprint density at radius 2 is 2.00 bits per heavy atom. The van der Waals surface area contributed by atoms with E-state index in [4.69, 9.17) is 5.14 Å². The van der Waals surface area contributed by atoms with Gasteiger partial charge in [0.1, 0.15) is 0 Å². The first-order chi connectivity index (χ1) is 7.68. The van der Waals surface area contributed by atoms with Gasteiger partial charge in [0.15, 0.2) is 0 Å². The molecule has 1 aliphatic carbocycles. The van der Waals surface area contributed by atoms with Crippen molar-refractivity contribution in [2.75, 3.05) is 12.3 Å². The van der Waals surface area contributed by atoms with E-state index in [-0.39, 0.29) is 5.75 Å². The second-order valence-corrected chi connectivity index (χ2v) is 8.02. The maximum atomic E-state index is 10.8. The van der Waals surface area contributed by atoms with Crippen molar-refractivity contribution in [3.8, 4) is 0 Å². The van der Waals surface area contributed by atoms with Gasteiger partial charge < -0.3 is 5.32 Å². The first-order valence-corrected chi connectivity index (χ1v) is 8.13. The van der Waals surface area contributed by atoms with E-state index in [1.54, 1.807) is 0 Å². The van der Waals surface area contributed by atoms with Crippen molar-refractivity contribution < 1.29 is 8.42 Å². The van der Waals surface area contributed by atoms with E-state index in [0.29, 0.717) is 17.9 Å². The Balaban J connectivity index is 2.27. The minimum absolute atomic E-state index is 0.0751. The van der Waals surface area contributed by atoms with Gasteiger partial charge >= 0.3 is 0 Å². The molecule has 5 heteroatoms. The van der Waals surface area contributed by atoms with Crippen LogP contribution in [0.4, 0.5) is 0 Å². The molecule has 17 heavy (non-hydrogen) atoms. The number of hydrogen-bond acceptors (Lipinski definition) is 3. The van der Waals surface area contributed by atoms with Gasteiger partial charge in [0.25, 0.3) is 0 Å². The maximum Gasteiger partial charge on any atom is 0.209 e. The highest BCUT2D eigenvalue weighted by atomic mass is 32.2. The number of primary sulfonamides is 1. The van der Waals surface area contributed by atoms with E-state index in [0.717, 1.165) is 12.5 Å². The maximum absolute atomic E-state index is 10.8. The number of hydrogen-bond donors (Lipinski definition) is 2. The Morgan fingerprint density at radius 3 is 2.53 bits per heavy atom. The molecule has 0 heterocycles. The lowest BCUT2D eigenvalue weighted by Gasteiger charge is -2.39. The van der Waals surface area contributed by atoms with Crippen LogP contribution in [0, 0.1) is 11.3 Å². The molecule has 3 N–H and O–H groups in total. The fraction of sp³-hybridized carbons (Fsp3) is 1.00. The topological polar surface area (TPSA) is 72.2 Å². The predicted molar refractivity (Wildman–Crippen MR) is 71.2 cm³/mol. The summed E-state index contributed by atoms with van der Waals surface area (Å²) < 4.78 is 21.6. The molecule has 2 atom stereocenters. The van der Waals surface area contributed by atoms with Crippen LogP contribution in [-0.4, -0.2) is 26.8 Å². The van der Waals surface area contributed by atoms with Crippen LogP contribution in [0.15, 0.2) is 0 Å². The standard InChI is InChI=1S/C12H26N2O2S/c1-10-7-11(9-12(2,3)8-10)14-5-4-6-17(13,15)16/h10-11,14H,4-9H2,1-3H3,(H2,13,15,16). The highest BCUT2D eigenvalue weighted by Gasteiger charge is 2.31. The highest BCUT2D eigenvalue weighted by Crippen LogP contribution is 2.38. The van der Waals surface area contributed by atoms with Crippen molar-refractivity contribution >= 4 is 10.0 Å². The molecule has 1 rings (SSSR count). The average molecular weight is 262 g/mol. The zero-order valence-corrected chi connectivity index (χ0v) is 12.0. The number of nitrogens with two attached hydrogens (primary N) is 1. The first kappa shape index (κ1) is 14.9. The lowest BCUT2D eigenvalue weighted by Crippen LogP contribution is -2.40. The molecule has 0 radical (unpaired) electrons.